The van der Waals surface area contributed by atoms with Crippen molar-refractivity contribution in [3.05, 3.63) is 69.4 Å². The number of piperazine rings is 1. The zero-order chi connectivity index (χ0) is 26.3. The molecule has 2 aromatic carbocycles. The minimum atomic E-state index is -0.287. The zero-order valence-electron chi connectivity index (χ0n) is 22.1. The lowest BCUT2D eigenvalue weighted by Gasteiger charge is -2.41. The molecular weight excluding hydrogens is 484 g/mol. The van der Waals surface area contributed by atoms with Crippen molar-refractivity contribution in [2.24, 2.45) is 5.73 Å². The summed E-state index contributed by atoms with van der Waals surface area (Å²) in [4.78, 5) is 28.9. The number of aryl methyl sites for hydroxylation is 3. The molecule has 8 heteroatoms. The number of primary amides is 1. The fourth-order valence-corrected chi connectivity index (χ4v) is 5.86. The highest BCUT2D eigenvalue weighted by Crippen LogP contribution is 2.35. The number of nitrogens with two attached hydrogens (primary N) is 1. The van der Waals surface area contributed by atoms with E-state index in [0.29, 0.717) is 0 Å². The second-order valence-corrected chi connectivity index (χ2v) is 10.8. The number of nitrogens with zero attached hydrogens (tertiary/aromatic N) is 5. The van der Waals surface area contributed by atoms with Gasteiger partial charge in [-0.15, -0.1) is 0 Å². The van der Waals surface area contributed by atoms with E-state index < -0.39 is 0 Å². The van der Waals surface area contributed by atoms with Gasteiger partial charge >= 0.3 is 0 Å². The quantitative estimate of drug-likeness (QED) is 0.543. The van der Waals surface area contributed by atoms with Crippen molar-refractivity contribution in [1.82, 2.24) is 14.9 Å². The van der Waals surface area contributed by atoms with E-state index in [9.17, 15) is 4.79 Å². The summed E-state index contributed by atoms with van der Waals surface area (Å²) in [5.74, 6) is 1.51. The molecule has 7 nitrogen and oxygen atoms in total. The molecule has 2 N–H and O–H groups in total. The molecule has 1 saturated heterocycles. The first-order valence-corrected chi connectivity index (χ1v) is 13.3. The summed E-state index contributed by atoms with van der Waals surface area (Å²) in [6.45, 7) is 12.7. The van der Waals surface area contributed by atoms with Crippen LogP contribution in [0.1, 0.15) is 34.9 Å². The van der Waals surface area contributed by atoms with Gasteiger partial charge in [0.05, 0.1) is 12.2 Å². The minimum Gasteiger partial charge on any atom is -0.369 e. The number of rotatable bonds is 5. The monoisotopic (exact) mass is 518 g/mol. The van der Waals surface area contributed by atoms with E-state index >= 15 is 0 Å². The van der Waals surface area contributed by atoms with Gasteiger partial charge in [-0.3, -0.25) is 9.69 Å². The van der Waals surface area contributed by atoms with Crippen molar-refractivity contribution in [3.8, 4) is 11.4 Å². The van der Waals surface area contributed by atoms with E-state index in [1.807, 2.05) is 6.07 Å². The molecule has 0 spiro atoms. The summed E-state index contributed by atoms with van der Waals surface area (Å²) in [6, 6.07) is 12.6. The number of carbonyl (C=O) groups excluding carboxylic acids is 1. The van der Waals surface area contributed by atoms with Gasteiger partial charge in [0.15, 0.2) is 5.82 Å². The van der Waals surface area contributed by atoms with Crippen molar-refractivity contribution in [1.29, 1.82) is 0 Å². The lowest BCUT2D eigenvalue weighted by Crippen LogP contribution is -2.54. The Hall–Kier alpha value is -3.16. The van der Waals surface area contributed by atoms with Crippen LogP contribution in [0.15, 0.2) is 36.4 Å². The second-order valence-electron chi connectivity index (χ2n) is 10.4. The third kappa shape index (κ3) is 5.15. The summed E-state index contributed by atoms with van der Waals surface area (Å²) in [5.41, 5.74) is 13.6. The smallest absolute Gasteiger partial charge is 0.231 e. The Bertz CT molecular complexity index is 1320. The maximum Gasteiger partial charge on any atom is 0.231 e. The molecule has 1 atom stereocenters. The Morgan fingerprint density at radius 2 is 1.78 bits per heavy atom. The predicted octanol–water partition coefficient (Wildman–Crippen LogP) is 4.28. The van der Waals surface area contributed by atoms with Crippen molar-refractivity contribution in [2.45, 2.75) is 46.7 Å². The average molecular weight is 519 g/mol. The first-order chi connectivity index (χ1) is 17.7. The van der Waals surface area contributed by atoms with Crippen LogP contribution in [0.3, 0.4) is 0 Å². The van der Waals surface area contributed by atoms with Crippen LogP contribution >= 0.6 is 11.6 Å². The van der Waals surface area contributed by atoms with Crippen molar-refractivity contribution < 1.29 is 4.79 Å². The van der Waals surface area contributed by atoms with Crippen LogP contribution in [0.4, 0.5) is 11.5 Å². The van der Waals surface area contributed by atoms with E-state index in [1.165, 1.54) is 22.3 Å². The molecule has 2 aliphatic heterocycles. The van der Waals surface area contributed by atoms with Gasteiger partial charge < -0.3 is 15.5 Å². The van der Waals surface area contributed by atoms with Gasteiger partial charge in [-0.2, -0.15) is 0 Å². The molecule has 2 aliphatic rings. The largest absolute Gasteiger partial charge is 0.369 e. The molecule has 1 fully saturated rings. The van der Waals surface area contributed by atoms with Crippen molar-refractivity contribution >= 4 is 29.0 Å². The summed E-state index contributed by atoms with van der Waals surface area (Å²) in [5, 5.41) is 0.743. The van der Waals surface area contributed by atoms with Gasteiger partial charge in [-0.1, -0.05) is 35.9 Å². The van der Waals surface area contributed by atoms with Crippen LogP contribution in [0.5, 0.6) is 0 Å². The Kier molecular flexibility index (Phi) is 7.10. The number of aromatic nitrogens is 2. The summed E-state index contributed by atoms with van der Waals surface area (Å²) in [6.07, 6.45) is 0.839. The lowest BCUT2D eigenvalue weighted by atomic mass is 9.99. The predicted molar refractivity (Wildman–Crippen MR) is 150 cm³/mol. The van der Waals surface area contributed by atoms with Gasteiger partial charge in [0, 0.05) is 67.0 Å². The normalized spacial score (nSPS) is 18.1. The van der Waals surface area contributed by atoms with Crippen molar-refractivity contribution in [3.63, 3.8) is 0 Å². The number of hydrogen-bond acceptors (Lipinski definition) is 6. The van der Waals surface area contributed by atoms with Crippen LogP contribution in [0.2, 0.25) is 5.02 Å². The van der Waals surface area contributed by atoms with Crippen LogP contribution in [0.25, 0.3) is 11.4 Å². The maximum absolute atomic E-state index is 11.6. The molecule has 1 aromatic heterocycles. The zero-order valence-corrected chi connectivity index (χ0v) is 22.8. The molecule has 3 heterocycles. The fourth-order valence-electron chi connectivity index (χ4n) is 5.69. The van der Waals surface area contributed by atoms with Crippen LogP contribution in [0, 0.1) is 20.8 Å². The molecule has 5 rings (SSSR count). The number of halogens is 1. The standard InChI is InChI=1S/C29H35ClN6O/c1-18-8-9-22(30)14-25(18)35-11-10-24-23(16-35)29(36-13-12-34(17-26(31)37)21(4)15-36)33-28(32-24)27-19(2)6-5-7-20(27)3/h5-9,14,21H,10-13,15-17H2,1-4H3,(H2,31,37)/t21-/m1/s1. The Morgan fingerprint density at radius 3 is 2.49 bits per heavy atom. The molecule has 0 bridgehead atoms. The van der Waals surface area contributed by atoms with Gasteiger partial charge in [0.1, 0.15) is 5.82 Å². The van der Waals surface area contributed by atoms with Gasteiger partial charge in [-0.25, -0.2) is 9.97 Å². The lowest BCUT2D eigenvalue weighted by molar-refractivity contribution is -0.119. The van der Waals surface area contributed by atoms with Crippen LogP contribution in [-0.4, -0.2) is 59.5 Å². The van der Waals surface area contributed by atoms with E-state index in [0.717, 1.165) is 72.8 Å². The first kappa shape index (κ1) is 25.5. The average Bonchev–Trinajstić information content (AvgIpc) is 2.85. The number of fused-ring (bicyclic) bond motifs is 1. The highest BCUT2D eigenvalue weighted by Gasteiger charge is 2.31. The summed E-state index contributed by atoms with van der Waals surface area (Å²) in [7, 11) is 0. The third-order valence-electron chi connectivity index (χ3n) is 7.68. The molecule has 194 valence electrons. The van der Waals surface area contributed by atoms with Gasteiger partial charge in [0.2, 0.25) is 5.91 Å². The topological polar surface area (TPSA) is 78.6 Å². The molecule has 3 aromatic rings. The Morgan fingerprint density at radius 1 is 1.03 bits per heavy atom. The first-order valence-electron chi connectivity index (χ1n) is 13.0. The molecule has 37 heavy (non-hydrogen) atoms. The third-order valence-corrected chi connectivity index (χ3v) is 7.91. The van der Waals surface area contributed by atoms with Crippen LogP contribution < -0.4 is 15.5 Å². The highest BCUT2D eigenvalue weighted by atomic mass is 35.5. The SMILES string of the molecule is Cc1ccc(Cl)cc1N1CCc2nc(-c3c(C)cccc3C)nc(N3CCN(CC(N)=O)[C@H](C)C3)c2C1. The Labute approximate surface area is 224 Å². The van der Waals surface area contributed by atoms with Crippen LogP contribution in [-0.2, 0) is 17.8 Å². The van der Waals surface area contributed by atoms with Crippen molar-refractivity contribution in [2.75, 3.05) is 42.5 Å². The second kappa shape index (κ2) is 10.3. The number of hydrogen-bond donors (Lipinski definition) is 1. The fraction of sp³-hybridized carbons (Fsp3) is 0.414. The number of carbonyl (C=O) groups is 1. The molecule has 1 amide bonds. The molecular formula is C29H35ClN6O. The Balaban J connectivity index is 1.57. The van der Waals surface area contributed by atoms with E-state index in [1.54, 1.807) is 0 Å². The molecule has 0 unspecified atom stereocenters. The number of benzene rings is 2. The number of amides is 1. The van der Waals surface area contributed by atoms with Gasteiger partial charge in [0.25, 0.3) is 0 Å². The van der Waals surface area contributed by atoms with E-state index in [2.05, 4.69) is 72.7 Å². The number of anilines is 2. The summed E-state index contributed by atoms with van der Waals surface area (Å²) < 4.78 is 0. The highest BCUT2D eigenvalue weighted by molar-refractivity contribution is 6.30. The minimum absolute atomic E-state index is 0.186. The molecule has 0 radical (unpaired) electrons. The van der Waals surface area contributed by atoms with E-state index in [-0.39, 0.29) is 18.5 Å². The van der Waals surface area contributed by atoms with Gasteiger partial charge in [-0.05, 0) is 56.5 Å². The molecule has 0 saturated carbocycles. The summed E-state index contributed by atoms with van der Waals surface area (Å²) >= 11 is 6.38. The van der Waals surface area contributed by atoms with E-state index in [4.69, 9.17) is 27.3 Å². The molecule has 0 aliphatic carbocycles. The maximum atomic E-state index is 11.6.